The van der Waals surface area contributed by atoms with Gasteiger partial charge >= 0.3 is 36.1 Å². The summed E-state index contributed by atoms with van der Waals surface area (Å²) in [6.07, 6.45) is 0.486. The minimum atomic E-state index is -1.51. The number of esters is 2. The topological polar surface area (TPSA) is 329 Å². The fourth-order valence-corrected chi connectivity index (χ4v) is 10.3. The number of aryl methyl sites for hydroxylation is 2. The number of hydrogen-bond acceptors (Lipinski definition) is 18. The van der Waals surface area contributed by atoms with Crippen LogP contribution in [0.5, 0.6) is 11.5 Å². The van der Waals surface area contributed by atoms with Crippen LogP contribution in [0.3, 0.4) is 0 Å². The van der Waals surface area contributed by atoms with E-state index in [0.29, 0.717) is 12.8 Å². The first kappa shape index (κ1) is 67.5. The number of benzene rings is 2. The Labute approximate surface area is 511 Å². The smallest absolute Gasteiger partial charge is 0.409 e. The van der Waals surface area contributed by atoms with Crippen molar-refractivity contribution in [3.63, 3.8) is 0 Å². The molecular formula is C61H76F2N8O18. The van der Waals surface area contributed by atoms with E-state index >= 15 is 0 Å². The summed E-state index contributed by atoms with van der Waals surface area (Å²) >= 11 is 0. The third-order valence-electron chi connectivity index (χ3n) is 15.7. The molecule has 2 aromatic carbocycles. The molecule has 2 saturated carbocycles. The summed E-state index contributed by atoms with van der Waals surface area (Å²) in [5, 5.41) is 25.4. The zero-order valence-electron chi connectivity index (χ0n) is 50.9. The first-order valence-corrected chi connectivity index (χ1v) is 29.8. The molecule has 26 nitrogen and oxygen atoms in total. The Hall–Kier alpha value is -8.98. The van der Waals surface area contributed by atoms with Crippen LogP contribution in [0.1, 0.15) is 131 Å². The number of aromatic nitrogens is 2. The highest BCUT2D eigenvalue weighted by Crippen LogP contribution is 2.41. The Morgan fingerprint density at radius 1 is 0.539 bits per heavy atom. The van der Waals surface area contributed by atoms with Gasteiger partial charge < -0.3 is 68.9 Å². The third kappa shape index (κ3) is 16.6. The third-order valence-corrected chi connectivity index (χ3v) is 15.7. The molecule has 2 aliphatic carbocycles. The molecule has 4 heterocycles. The summed E-state index contributed by atoms with van der Waals surface area (Å²) in [5.41, 5.74) is -2.45. The number of carboxylic acids is 2. The maximum atomic E-state index is 14.6. The van der Waals surface area contributed by atoms with Gasteiger partial charge in [-0.2, -0.15) is 0 Å². The van der Waals surface area contributed by atoms with Crippen molar-refractivity contribution in [3.05, 3.63) is 70.5 Å². The number of nitrogens with zero attached hydrogens (tertiary/aromatic N) is 6. The Morgan fingerprint density at radius 3 is 1.22 bits per heavy atom. The quantitative estimate of drug-likeness (QED) is 0.0517. The number of ether oxygens (including phenoxy) is 6. The van der Waals surface area contributed by atoms with Gasteiger partial charge in [0, 0.05) is 88.1 Å². The SMILES string of the molecule is CCOC(=O)CCC(NC(=O)c1cc(OC2(C(=O)O)CCC2)c2cc(F)c(C)cc2n1)C(=O)N1CCN(C(=O)OCC)CC1.CCOC(=O)N1CCN(C(=O)C(CCC(=O)OC(C)C)NC(=O)c2cc(OC3(C(=O)O)CCC3)c3cc(F)c(C)cc3n2)CC1. The number of carbonyl (C=O) groups is 10. The average molecular weight is 1250 g/mol. The molecule has 4 aromatic rings. The van der Waals surface area contributed by atoms with E-state index in [0.717, 1.165) is 0 Å². The number of amides is 6. The van der Waals surface area contributed by atoms with E-state index in [1.807, 2.05) is 0 Å². The van der Waals surface area contributed by atoms with Gasteiger partial charge in [-0.05, 0) is 135 Å². The van der Waals surface area contributed by atoms with Crippen LogP contribution >= 0.6 is 0 Å². The molecular weight excluding hydrogens is 1170 g/mol. The molecule has 4 N–H and O–H groups in total. The van der Waals surface area contributed by atoms with E-state index in [4.69, 9.17) is 28.4 Å². The molecule has 2 aromatic heterocycles. The summed E-state index contributed by atoms with van der Waals surface area (Å²) in [7, 11) is 0. The maximum Gasteiger partial charge on any atom is 0.409 e. The number of rotatable bonds is 22. The van der Waals surface area contributed by atoms with E-state index in [1.54, 1.807) is 34.6 Å². The molecule has 2 aliphatic heterocycles. The van der Waals surface area contributed by atoms with Gasteiger partial charge in [0.25, 0.3) is 11.8 Å². The normalized spacial score (nSPS) is 16.5. The van der Waals surface area contributed by atoms with Crippen LogP contribution in [-0.4, -0.2) is 201 Å². The van der Waals surface area contributed by atoms with Crippen molar-refractivity contribution in [2.24, 2.45) is 0 Å². The highest BCUT2D eigenvalue weighted by atomic mass is 19.1. The number of fused-ring (bicyclic) bond motifs is 2. The number of carbonyl (C=O) groups excluding carboxylic acids is 8. The van der Waals surface area contributed by atoms with Crippen LogP contribution in [0, 0.1) is 25.5 Å². The Bertz CT molecular complexity index is 3340. The molecule has 89 heavy (non-hydrogen) atoms. The second kappa shape index (κ2) is 29.8. The van der Waals surface area contributed by atoms with Gasteiger partial charge in [0.05, 0.1) is 37.0 Å². The molecule has 2 unspecified atom stereocenters. The van der Waals surface area contributed by atoms with Crippen LogP contribution in [-0.2, 0) is 47.7 Å². The monoisotopic (exact) mass is 1250 g/mol. The fourth-order valence-electron chi connectivity index (χ4n) is 10.3. The lowest BCUT2D eigenvalue weighted by Gasteiger charge is -2.38. The van der Waals surface area contributed by atoms with Gasteiger partial charge in [-0.15, -0.1) is 0 Å². The maximum absolute atomic E-state index is 14.6. The van der Waals surface area contributed by atoms with Crippen molar-refractivity contribution in [1.29, 1.82) is 0 Å². The summed E-state index contributed by atoms with van der Waals surface area (Å²) < 4.78 is 61.2. The van der Waals surface area contributed by atoms with Crippen molar-refractivity contribution >= 4 is 81.5 Å². The molecule has 6 amide bonds. The zero-order valence-corrected chi connectivity index (χ0v) is 50.9. The molecule has 4 fully saturated rings. The second-order valence-electron chi connectivity index (χ2n) is 22.3. The summed E-state index contributed by atoms with van der Waals surface area (Å²) in [6, 6.07) is 5.40. The Balaban J connectivity index is 0.000000254. The lowest BCUT2D eigenvalue weighted by Crippen LogP contribution is -2.56. The number of pyridine rings is 2. The van der Waals surface area contributed by atoms with Crippen LogP contribution in [0.25, 0.3) is 21.8 Å². The van der Waals surface area contributed by atoms with Crippen LogP contribution < -0.4 is 20.1 Å². The number of hydrogen-bond donors (Lipinski definition) is 4. The van der Waals surface area contributed by atoms with Gasteiger partial charge in [-0.25, -0.2) is 37.9 Å². The van der Waals surface area contributed by atoms with Gasteiger partial charge in [-0.3, -0.25) is 28.8 Å². The lowest BCUT2D eigenvalue weighted by molar-refractivity contribution is -0.163. The van der Waals surface area contributed by atoms with Crippen LogP contribution in [0.4, 0.5) is 18.4 Å². The number of carboxylic acid groups (broad SMARTS) is 2. The number of nitrogens with one attached hydrogen (secondary N) is 2. The highest BCUT2D eigenvalue weighted by molar-refractivity contribution is 6.01. The molecule has 482 valence electrons. The van der Waals surface area contributed by atoms with E-state index < -0.39 is 94.6 Å². The van der Waals surface area contributed by atoms with Crippen molar-refractivity contribution in [2.75, 3.05) is 72.2 Å². The minimum absolute atomic E-state index is 0.0226. The second-order valence-corrected chi connectivity index (χ2v) is 22.3. The predicted molar refractivity (Wildman–Crippen MR) is 312 cm³/mol. The Morgan fingerprint density at radius 2 is 0.899 bits per heavy atom. The molecule has 0 spiro atoms. The first-order valence-electron chi connectivity index (χ1n) is 29.8. The largest absolute Gasteiger partial charge is 0.478 e. The van der Waals surface area contributed by atoms with Crippen molar-refractivity contribution in [2.45, 2.75) is 142 Å². The zero-order chi connectivity index (χ0) is 64.9. The van der Waals surface area contributed by atoms with E-state index in [2.05, 4.69) is 20.6 Å². The summed E-state index contributed by atoms with van der Waals surface area (Å²) in [4.78, 5) is 142. The van der Waals surface area contributed by atoms with Crippen molar-refractivity contribution in [1.82, 2.24) is 40.2 Å². The fraction of sp³-hybridized carbons (Fsp3) is 0.541. The lowest BCUT2D eigenvalue weighted by atomic mass is 9.80. The average Bonchev–Trinajstić information content (AvgIpc) is 1.52. The first-order chi connectivity index (χ1) is 42.3. The molecule has 8 rings (SSSR count). The standard InChI is InChI=1S/C31H39FN4O9.C30H37FN4O9/c1-5-43-30(42)36-13-11-35(12-14-36)28(39)22(7-8-26(37)44-18(2)3)34-27(38)24-17-25(45-31(29(40)41)9-6-10-31)20-16-21(32)19(4)15-23(20)33-24;1-4-42-25(36)8-7-21(27(38)34-11-13-35(14-12-34)29(41)43-5-2)33-26(37)23-17-24(44-30(28(39)40)9-6-10-30)19-16-20(31)18(3)15-22(19)32-23/h15-18,22H,5-14H2,1-4H3,(H,34,38)(H,40,41);15-17,21H,4-14H2,1-3H3,(H,33,37)(H,39,40). The van der Waals surface area contributed by atoms with Gasteiger partial charge in [0.15, 0.2) is 0 Å². The number of aliphatic carboxylic acids is 2. The van der Waals surface area contributed by atoms with E-state index in [1.165, 1.54) is 69.8 Å². The van der Waals surface area contributed by atoms with Crippen LogP contribution in [0.15, 0.2) is 36.4 Å². The molecule has 4 aliphatic rings. The van der Waals surface area contributed by atoms with Crippen molar-refractivity contribution < 1.29 is 95.4 Å². The van der Waals surface area contributed by atoms with E-state index in [-0.39, 0.29) is 185 Å². The van der Waals surface area contributed by atoms with Gasteiger partial charge in [0.2, 0.25) is 23.0 Å². The number of piperazine rings is 2. The van der Waals surface area contributed by atoms with E-state index in [9.17, 15) is 66.9 Å². The summed E-state index contributed by atoms with van der Waals surface area (Å²) in [5.74, 6) is -7.03. The molecule has 0 bridgehead atoms. The molecule has 2 saturated heterocycles. The summed E-state index contributed by atoms with van der Waals surface area (Å²) in [6.45, 7) is 13.8. The molecule has 28 heteroatoms. The van der Waals surface area contributed by atoms with Crippen molar-refractivity contribution in [3.8, 4) is 11.5 Å². The van der Waals surface area contributed by atoms with Gasteiger partial charge in [-0.1, -0.05) is 0 Å². The minimum Gasteiger partial charge on any atom is -0.478 e. The van der Waals surface area contributed by atoms with Crippen LogP contribution in [0.2, 0.25) is 0 Å². The van der Waals surface area contributed by atoms with Gasteiger partial charge in [0.1, 0.15) is 46.6 Å². The highest BCUT2D eigenvalue weighted by Gasteiger charge is 2.49. The number of halogens is 2. The molecule has 2 atom stereocenters. The Kier molecular flexibility index (Phi) is 22.6. The molecule has 0 radical (unpaired) electrons. The predicted octanol–water partition coefficient (Wildman–Crippen LogP) is 6.01.